The van der Waals surface area contributed by atoms with Gasteiger partial charge in [-0.3, -0.25) is 0 Å². The van der Waals surface area contributed by atoms with Crippen LogP contribution in [0.1, 0.15) is 30.5 Å². The maximum Gasteiger partial charge on any atom is 0.130 e. The summed E-state index contributed by atoms with van der Waals surface area (Å²) in [6, 6.07) is 12.4. The van der Waals surface area contributed by atoms with E-state index in [1.807, 2.05) is 37.3 Å². The fraction of sp³-hybridized carbons (Fsp3) is 0.333. The second-order valence-corrected chi connectivity index (χ2v) is 6.07. The zero-order valence-electron chi connectivity index (χ0n) is 13.0. The van der Waals surface area contributed by atoms with Crippen molar-refractivity contribution >= 4 is 11.6 Å². The van der Waals surface area contributed by atoms with Gasteiger partial charge in [0, 0.05) is 17.6 Å². The Morgan fingerprint density at radius 3 is 2.48 bits per heavy atom. The number of halogens is 1. The van der Waals surface area contributed by atoms with Crippen molar-refractivity contribution in [3.05, 3.63) is 58.1 Å². The summed E-state index contributed by atoms with van der Waals surface area (Å²) in [6.07, 6.45) is 0. The van der Waals surface area contributed by atoms with E-state index in [1.165, 1.54) is 5.56 Å². The summed E-state index contributed by atoms with van der Waals surface area (Å²) in [5.74, 6) is 1.63. The van der Waals surface area contributed by atoms with Gasteiger partial charge in [-0.25, -0.2) is 0 Å². The molecule has 2 aromatic carbocycles. The van der Waals surface area contributed by atoms with Crippen molar-refractivity contribution < 1.29 is 4.74 Å². The number of hydrogen-bond donors (Lipinski definition) is 1. The molecule has 0 aliphatic heterocycles. The zero-order chi connectivity index (χ0) is 15.4. The van der Waals surface area contributed by atoms with E-state index in [1.54, 1.807) is 0 Å². The lowest BCUT2D eigenvalue weighted by Crippen LogP contribution is -2.21. The molecule has 2 nitrogen and oxygen atoms in total. The molecule has 112 valence electrons. The number of benzene rings is 2. The molecule has 3 heteroatoms. The number of hydrogen-bond acceptors (Lipinski definition) is 2. The van der Waals surface area contributed by atoms with Gasteiger partial charge in [-0.2, -0.15) is 0 Å². The number of nitrogens with one attached hydrogen (secondary N) is 1. The van der Waals surface area contributed by atoms with Crippen molar-refractivity contribution in [2.45, 2.75) is 40.3 Å². The minimum absolute atomic E-state index is 0.437. The molecule has 0 bridgehead atoms. The molecule has 2 aromatic rings. The Kier molecular flexibility index (Phi) is 5.27. The van der Waals surface area contributed by atoms with Crippen LogP contribution in [0.15, 0.2) is 36.4 Å². The van der Waals surface area contributed by atoms with E-state index < -0.39 is 0 Å². The van der Waals surface area contributed by atoms with Crippen molar-refractivity contribution in [1.29, 1.82) is 0 Å². The molecule has 0 radical (unpaired) electrons. The summed E-state index contributed by atoms with van der Waals surface area (Å²) in [4.78, 5) is 0. The highest BCUT2D eigenvalue weighted by Crippen LogP contribution is 2.29. The predicted octanol–water partition coefficient (Wildman–Crippen LogP) is 5.25. The van der Waals surface area contributed by atoms with E-state index >= 15 is 0 Å². The Morgan fingerprint density at radius 2 is 1.86 bits per heavy atom. The second kappa shape index (κ2) is 6.97. The molecule has 2 rings (SSSR count). The van der Waals surface area contributed by atoms with E-state index in [0.29, 0.717) is 6.04 Å². The minimum Gasteiger partial charge on any atom is -0.457 e. The lowest BCUT2D eigenvalue weighted by atomic mass is 10.1. The third-order valence-corrected chi connectivity index (χ3v) is 3.64. The van der Waals surface area contributed by atoms with Crippen LogP contribution in [0.5, 0.6) is 11.5 Å². The van der Waals surface area contributed by atoms with Crippen LogP contribution in [0.4, 0.5) is 0 Å². The van der Waals surface area contributed by atoms with Gasteiger partial charge in [0.1, 0.15) is 11.5 Å². The Labute approximate surface area is 132 Å². The Bertz CT molecular complexity index is 623. The van der Waals surface area contributed by atoms with Crippen LogP contribution in [0.25, 0.3) is 0 Å². The Balaban J connectivity index is 2.12. The zero-order valence-corrected chi connectivity index (χ0v) is 13.8. The van der Waals surface area contributed by atoms with E-state index in [0.717, 1.165) is 34.2 Å². The van der Waals surface area contributed by atoms with E-state index in [2.05, 4.69) is 32.2 Å². The molecular formula is C18H22ClNO. The maximum absolute atomic E-state index is 6.32. The van der Waals surface area contributed by atoms with Gasteiger partial charge < -0.3 is 10.1 Å². The highest BCUT2D eigenvalue weighted by atomic mass is 35.5. The standard InChI is InChI=1S/C18H22ClNO/c1-12(2)20-11-15-6-7-16(10-17(15)19)21-18-8-5-13(3)9-14(18)4/h5-10,12,20H,11H2,1-4H3. The highest BCUT2D eigenvalue weighted by Gasteiger charge is 2.06. The fourth-order valence-electron chi connectivity index (χ4n) is 2.09. The summed E-state index contributed by atoms with van der Waals surface area (Å²) in [5, 5.41) is 4.09. The van der Waals surface area contributed by atoms with Crippen molar-refractivity contribution in [2.24, 2.45) is 0 Å². The average molecular weight is 304 g/mol. The van der Waals surface area contributed by atoms with Crippen LogP contribution in [-0.4, -0.2) is 6.04 Å². The van der Waals surface area contributed by atoms with Gasteiger partial charge in [0.2, 0.25) is 0 Å². The van der Waals surface area contributed by atoms with E-state index in [-0.39, 0.29) is 0 Å². The van der Waals surface area contributed by atoms with Gasteiger partial charge in [-0.05, 0) is 43.2 Å². The molecule has 1 N–H and O–H groups in total. The van der Waals surface area contributed by atoms with Crippen LogP contribution in [0.2, 0.25) is 5.02 Å². The fourth-order valence-corrected chi connectivity index (χ4v) is 2.33. The molecule has 0 heterocycles. The summed E-state index contributed by atoms with van der Waals surface area (Å²) < 4.78 is 5.92. The first kappa shape index (κ1) is 15.9. The number of aryl methyl sites for hydroxylation is 2. The monoisotopic (exact) mass is 303 g/mol. The normalized spacial score (nSPS) is 11.0. The molecule has 0 saturated carbocycles. The van der Waals surface area contributed by atoms with Gasteiger partial charge in [-0.15, -0.1) is 0 Å². The Morgan fingerprint density at radius 1 is 1.10 bits per heavy atom. The molecule has 0 aliphatic carbocycles. The molecule has 0 amide bonds. The van der Waals surface area contributed by atoms with Crippen LogP contribution < -0.4 is 10.1 Å². The molecule has 0 spiro atoms. The molecule has 0 unspecified atom stereocenters. The molecule has 0 aliphatic rings. The van der Waals surface area contributed by atoms with Gasteiger partial charge >= 0.3 is 0 Å². The summed E-state index contributed by atoms with van der Waals surface area (Å²) in [5.41, 5.74) is 3.43. The van der Waals surface area contributed by atoms with Gasteiger partial charge in [0.15, 0.2) is 0 Å². The summed E-state index contributed by atoms with van der Waals surface area (Å²) >= 11 is 6.32. The minimum atomic E-state index is 0.437. The van der Waals surface area contributed by atoms with Gasteiger partial charge in [0.25, 0.3) is 0 Å². The lowest BCUT2D eigenvalue weighted by molar-refractivity contribution is 0.478. The van der Waals surface area contributed by atoms with Crippen molar-refractivity contribution in [2.75, 3.05) is 0 Å². The average Bonchev–Trinajstić information content (AvgIpc) is 2.41. The lowest BCUT2D eigenvalue weighted by Gasteiger charge is -2.12. The van der Waals surface area contributed by atoms with Crippen LogP contribution in [-0.2, 0) is 6.54 Å². The number of ether oxygens (including phenoxy) is 1. The quantitative estimate of drug-likeness (QED) is 0.815. The molecule has 0 fully saturated rings. The van der Waals surface area contributed by atoms with Gasteiger partial charge in [0.05, 0.1) is 0 Å². The summed E-state index contributed by atoms with van der Waals surface area (Å²) in [7, 11) is 0. The largest absolute Gasteiger partial charge is 0.457 e. The van der Waals surface area contributed by atoms with Crippen LogP contribution in [0, 0.1) is 13.8 Å². The Hall–Kier alpha value is -1.51. The first-order valence-corrected chi connectivity index (χ1v) is 7.60. The third kappa shape index (κ3) is 4.48. The van der Waals surface area contributed by atoms with E-state index in [9.17, 15) is 0 Å². The SMILES string of the molecule is Cc1ccc(Oc2ccc(CNC(C)C)c(Cl)c2)c(C)c1. The second-order valence-electron chi connectivity index (χ2n) is 5.66. The highest BCUT2D eigenvalue weighted by molar-refractivity contribution is 6.31. The molecular weight excluding hydrogens is 282 g/mol. The van der Waals surface area contributed by atoms with Crippen molar-refractivity contribution in [3.63, 3.8) is 0 Å². The van der Waals surface area contributed by atoms with Gasteiger partial charge in [-0.1, -0.05) is 49.2 Å². The molecule has 0 saturated heterocycles. The van der Waals surface area contributed by atoms with Crippen LogP contribution in [0.3, 0.4) is 0 Å². The summed E-state index contributed by atoms with van der Waals surface area (Å²) in [6.45, 7) is 9.12. The topological polar surface area (TPSA) is 21.3 Å². The molecule has 0 atom stereocenters. The first-order valence-electron chi connectivity index (χ1n) is 7.22. The number of rotatable bonds is 5. The van der Waals surface area contributed by atoms with Crippen molar-refractivity contribution in [3.8, 4) is 11.5 Å². The third-order valence-electron chi connectivity index (χ3n) is 3.28. The predicted molar refractivity (Wildman–Crippen MR) is 89.4 cm³/mol. The molecule has 0 aromatic heterocycles. The molecule has 21 heavy (non-hydrogen) atoms. The maximum atomic E-state index is 6.32. The van der Waals surface area contributed by atoms with Crippen molar-refractivity contribution in [1.82, 2.24) is 5.32 Å². The first-order chi connectivity index (χ1) is 9.95. The smallest absolute Gasteiger partial charge is 0.130 e. The van der Waals surface area contributed by atoms with Crippen LogP contribution >= 0.6 is 11.6 Å². The van der Waals surface area contributed by atoms with E-state index in [4.69, 9.17) is 16.3 Å².